The van der Waals surface area contributed by atoms with E-state index in [0.717, 1.165) is 4.68 Å². The van der Waals surface area contributed by atoms with Crippen LogP contribution in [0.3, 0.4) is 0 Å². The highest BCUT2D eigenvalue weighted by atomic mass is 19.4. The molecular weight excluding hydrogens is 472 g/mol. The predicted octanol–water partition coefficient (Wildman–Crippen LogP) is 3.24. The summed E-state index contributed by atoms with van der Waals surface area (Å²) in [6.07, 6.45) is -2.23. The van der Waals surface area contributed by atoms with Gasteiger partial charge < -0.3 is 9.63 Å². The number of aromatic nitrogens is 8. The first-order chi connectivity index (χ1) is 16.6. The summed E-state index contributed by atoms with van der Waals surface area (Å²) >= 11 is 0. The van der Waals surface area contributed by atoms with Crippen LogP contribution in [0.5, 0.6) is 0 Å². The molecule has 0 aliphatic carbocycles. The lowest BCUT2D eigenvalue weighted by Crippen LogP contribution is -2.46. The summed E-state index contributed by atoms with van der Waals surface area (Å²) in [5.41, 5.74) is -1.42. The lowest BCUT2D eigenvalue weighted by Gasteiger charge is -2.25. The molecule has 14 heteroatoms. The second-order valence-corrected chi connectivity index (χ2v) is 7.97. The summed E-state index contributed by atoms with van der Waals surface area (Å²) in [7, 11) is 0. The lowest BCUT2D eigenvalue weighted by molar-refractivity contribution is -0.257. The molecule has 0 aliphatic heterocycles. The van der Waals surface area contributed by atoms with Crippen LogP contribution in [0.2, 0.25) is 0 Å². The Kier molecular flexibility index (Phi) is 5.31. The summed E-state index contributed by atoms with van der Waals surface area (Å²) < 4.78 is 61.0. The fourth-order valence-corrected chi connectivity index (χ4v) is 3.37. The largest absolute Gasteiger partial charge is 0.418 e. The number of halogens is 4. The van der Waals surface area contributed by atoms with Gasteiger partial charge in [0.15, 0.2) is 22.6 Å². The Bertz CT molecular complexity index is 1490. The van der Waals surface area contributed by atoms with Crippen molar-refractivity contribution in [2.45, 2.75) is 31.8 Å². The van der Waals surface area contributed by atoms with Crippen molar-refractivity contribution in [1.29, 1.82) is 0 Å². The number of aliphatic hydroxyl groups is 1. The monoisotopic (exact) mass is 488 g/mol. The van der Waals surface area contributed by atoms with Crippen molar-refractivity contribution in [3.8, 4) is 22.9 Å². The molecule has 5 rings (SSSR count). The Labute approximate surface area is 193 Å². The second kappa shape index (κ2) is 8.23. The van der Waals surface area contributed by atoms with Gasteiger partial charge in [0, 0.05) is 11.6 Å². The maximum absolute atomic E-state index is 14.3. The van der Waals surface area contributed by atoms with E-state index in [9.17, 15) is 22.7 Å². The maximum atomic E-state index is 14.3. The molecule has 0 fully saturated rings. The SMILES string of the molecule is CC(O)(Cn1nnc2cnc(-c3cc(-c4ccon4)n(Cc4ccccc4F)n3)nc21)C(F)(F)F. The average Bonchev–Trinajstić information content (AvgIpc) is 3.54. The van der Waals surface area contributed by atoms with E-state index >= 15 is 0 Å². The number of fused-ring (bicyclic) bond motifs is 1. The summed E-state index contributed by atoms with van der Waals surface area (Å²) in [6, 6.07) is 9.40. The van der Waals surface area contributed by atoms with Crippen LogP contribution in [-0.2, 0) is 13.1 Å². The third-order valence-corrected chi connectivity index (χ3v) is 5.31. The van der Waals surface area contributed by atoms with E-state index in [-0.39, 0.29) is 29.2 Å². The molecule has 0 saturated heterocycles. The van der Waals surface area contributed by atoms with Crippen LogP contribution < -0.4 is 0 Å². The highest BCUT2D eigenvalue weighted by Crippen LogP contribution is 2.32. The molecule has 0 spiro atoms. The Balaban J connectivity index is 1.56. The van der Waals surface area contributed by atoms with Crippen molar-refractivity contribution in [2.75, 3.05) is 0 Å². The standard InChI is InChI=1S/C21H16F4N8O2/c1-20(34,21(23,24)25)11-33-19-16(28-31-33)9-26-18(27-19)15-8-17(14-6-7-35-30-14)32(29-15)10-12-4-2-3-5-13(12)22/h2-9,34H,10-11H2,1H3. The summed E-state index contributed by atoms with van der Waals surface area (Å²) in [6.45, 7) is -0.225. The highest BCUT2D eigenvalue weighted by molar-refractivity contribution is 5.72. The third-order valence-electron chi connectivity index (χ3n) is 5.31. The van der Waals surface area contributed by atoms with Crippen LogP contribution in [0, 0.1) is 5.82 Å². The van der Waals surface area contributed by atoms with Gasteiger partial charge in [-0.2, -0.15) is 18.3 Å². The van der Waals surface area contributed by atoms with E-state index < -0.39 is 24.1 Å². The molecule has 0 radical (unpaired) electrons. The van der Waals surface area contributed by atoms with Crippen LogP contribution in [0.15, 0.2) is 53.4 Å². The van der Waals surface area contributed by atoms with Crippen LogP contribution in [0.1, 0.15) is 12.5 Å². The molecule has 4 heterocycles. The smallest absolute Gasteiger partial charge is 0.379 e. The minimum Gasteiger partial charge on any atom is -0.379 e. The quantitative estimate of drug-likeness (QED) is 0.362. The van der Waals surface area contributed by atoms with E-state index in [1.807, 2.05) is 0 Å². The van der Waals surface area contributed by atoms with Crippen LogP contribution >= 0.6 is 0 Å². The highest BCUT2D eigenvalue weighted by Gasteiger charge is 2.50. The van der Waals surface area contributed by atoms with Crippen molar-refractivity contribution in [3.05, 3.63) is 60.2 Å². The lowest BCUT2D eigenvalue weighted by atomic mass is 10.1. The van der Waals surface area contributed by atoms with Crippen molar-refractivity contribution in [3.63, 3.8) is 0 Å². The zero-order valence-electron chi connectivity index (χ0n) is 18.0. The first-order valence-electron chi connectivity index (χ1n) is 10.2. The van der Waals surface area contributed by atoms with E-state index in [1.165, 1.54) is 23.2 Å². The minimum atomic E-state index is -4.89. The van der Waals surface area contributed by atoms with E-state index in [1.54, 1.807) is 30.3 Å². The molecule has 1 aromatic carbocycles. The van der Waals surface area contributed by atoms with Gasteiger partial charge in [0.05, 0.1) is 25.0 Å². The van der Waals surface area contributed by atoms with Gasteiger partial charge in [-0.15, -0.1) is 5.10 Å². The molecule has 5 aromatic rings. The number of hydrogen-bond acceptors (Lipinski definition) is 8. The summed E-state index contributed by atoms with van der Waals surface area (Å²) in [5.74, 6) is -0.357. The molecule has 0 amide bonds. The fraction of sp³-hybridized carbons (Fsp3) is 0.238. The Morgan fingerprint density at radius 3 is 2.60 bits per heavy atom. The number of hydrogen-bond donors (Lipinski definition) is 1. The molecule has 35 heavy (non-hydrogen) atoms. The molecule has 10 nitrogen and oxygen atoms in total. The van der Waals surface area contributed by atoms with Gasteiger partial charge in [-0.25, -0.2) is 19.0 Å². The van der Waals surface area contributed by atoms with Gasteiger partial charge in [0.25, 0.3) is 0 Å². The Morgan fingerprint density at radius 1 is 1.09 bits per heavy atom. The van der Waals surface area contributed by atoms with E-state index in [4.69, 9.17) is 4.52 Å². The topological polar surface area (TPSA) is 121 Å². The fourth-order valence-electron chi connectivity index (χ4n) is 3.37. The van der Waals surface area contributed by atoms with Crippen molar-refractivity contribution >= 4 is 11.2 Å². The van der Waals surface area contributed by atoms with Gasteiger partial charge in [0.2, 0.25) is 0 Å². The molecule has 0 bridgehead atoms. The maximum Gasteiger partial charge on any atom is 0.418 e. The van der Waals surface area contributed by atoms with Crippen LogP contribution in [0.4, 0.5) is 17.6 Å². The van der Waals surface area contributed by atoms with Gasteiger partial charge in [-0.3, -0.25) is 4.68 Å². The number of nitrogens with zero attached hydrogens (tertiary/aromatic N) is 8. The minimum absolute atomic E-state index is 0.0221. The van der Waals surface area contributed by atoms with Crippen molar-refractivity contribution < 1.29 is 27.2 Å². The van der Waals surface area contributed by atoms with Gasteiger partial charge >= 0.3 is 6.18 Å². The first kappa shape index (κ1) is 22.6. The number of alkyl halides is 3. The Hall–Kier alpha value is -4.20. The van der Waals surface area contributed by atoms with Gasteiger partial charge in [-0.1, -0.05) is 28.6 Å². The third kappa shape index (κ3) is 4.23. The number of rotatable bonds is 6. The van der Waals surface area contributed by atoms with E-state index in [0.29, 0.717) is 23.9 Å². The molecule has 1 unspecified atom stereocenters. The van der Waals surface area contributed by atoms with Gasteiger partial charge in [0.1, 0.15) is 23.5 Å². The molecule has 180 valence electrons. The summed E-state index contributed by atoms with van der Waals surface area (Å²) in [5, 5.41) is 25.7. The Morgan fingerprint density at radius 2 is 1.89 bits per heavy atom. The normalized spacial score (nSPS) is 13.9. The molecule has 0 saturated carbocycles. The van der Waals surface area contributed by atoms with Gasteiger partial charge in [-0.05, 0) is 19.1 Å². The molecule has 1 atom stereocenters. The molecular formula is C21H16F4N8O2. The zero-order valence-corrected chi connectivity index (χ0v) is 18.0. The van der Waals surface area contributed by atoms with Crippen LogP contribution in [-0.4, -0.2) is 56.8 Å². The molecule has 1 N–H and O–H groups in total. The summed E-state index contributed by atoms with van der Waals surface area (Å²) in [4.78, 5) is 8.48. The molecule has 4 aromatic heterocycles. The number of benzene rings is 1. The van der Waals surface area contributed by atoms with Crippen LogP contribution in [0.25, 0.3) is 34.1 Å². The van der Waals surface area contributed by atoms with Crippen molar-refractivity contribution in [2.24, 2.45) is 0 Å². The second-order valence-electron chi connectivity index (χ2n) is 7.97. The zero-order chi connectivity index (χ0) is 24.8. The average molecular weight is 488 g/mol. The van der Waals surface area contributed by atoms with Crippen molar-refractivity contribution in [1.82, 2.24) is 39.9 Å². The first-order valence-corrected chi connectivity index (χ1v) is 10.2. The van der Waals surface area contributed by atoms with E-state index in [2.05, 4.69) is 30.5 Å². The molecule has 0 aliphatic rings. The predicted molar refractivity (Wildman–Crippen MR) is 112 cm³/mol.